The fourth-order valence-corrected chi connectivity index (χ4v) is 0.308. The molecule has 0 saturated heterocycles. The fraction of sp³-hybridized carbons (Fsp3) is 0.667. The van der Waals surface area contributed by atoms with Gasteiger partial charge in [-0.05, 0) is 26.8 Å². The number of hydrogen-bond acceptors (Lipinski definition) is 1. The summed E-state index contributed by atoms with van der Waals surface area (Å²) in [5, 5.41) is 0. The third-order valence-corrected chi connectivity index (χ3v) is 0.663. The van der Waals surface area contributed by atoms with Crippen LogP contribution in [0.2, 0.25) is 0 Å². The van der Waals surface area contributed by atoms with Crippen LogP contribution in [0.1, 0.15) is 34.6 Å². The molecular weight excluding hydrogens is 122 g/mol. The lowest BCUT2D eigenvalue weighted by molar-refractivity contribution is 0.842. The number of allylic oxidation sites excluding steroid dienone is 2. The van der Waals surface area contributed by atoms with Crippen molar-refractivity contribution in [1.29, 1.82) is 0 Å². The van der Waals surface area contributed by atoms with Crippen LogP contribution < -0.4 is 0 Å². The van der Waals surface area contributed by atoms with Crippen molar-refractivity contribution >= 4 is 6.21 Å². The van der Waals surface area contributed by atoms with Gasteiger partial charge in [-0.25, -0.2) is 0 Å². The molecule has 1 nitrogen and oxygen atoms in total. The van der Waals surface area contributed by atoms with Crippen LogP contribution in [-0.2, 0) is 0 Å². The smallest absolute Gasteiger partial charge is 0.0443 e. The van der Waals surface area contributed by atoms with Gasteiger partial charge in [0.15, 0.2) is 0 Å². The molecule has 0 aliphatic rings. The van der Waals surface area contributed by atoms with Crippen LogP contribution in [0.4, 0.5) is 0 Å². The summed E-state index contributed by atoms with van der Waals surface area (Å²) in [6, 6.07) is 0.422. The minimum Gasteiger partial charge on any atom is -0.290 e. The van der Waals surface area contributed by atoms with Crippen molar-refractivity contribution in [2.45, 2.75) is 40.7 Å². The maximum absolute atomic E-state index is 4.10. The van der Waals surface area contributed by atoms with Crippen LogP contribution >= 0.6 is 0 Å². The van der Waals surface area contributed by atoms with Crippen LogP contribution in [0.5, 0.6) is 0 Å². The zero-order valence-corrected chi connectivity index (χ0v) is 7.76. The summed E-state index contributed by atoms with van der Waals surface area (Å²) < 4.78 is 0. The molecule has 0 saturated carbocycles. The van der Waals surface area contributed by atoms with E-state index in [2.05, 4.69) is 18.8 Å². The molecule has 0 heterocycles. The zero-order valence-electron chi connectivity index (χ0n) is 7.76. The minimum atomic E-state index is 0.422. The van der Waals surface area contributed by atoms with E-state index in [1.54, 1.807) is 0 Å². The van der Waals surface area contributed by atoms with Crippen LogP contribution in [0.15, 0.2) is 17.1 Å². The predicted octanol–water partition coefficient (Wildman–Crippen LogP) is 3.07. The van der Waals surface area contributed by atoms with Gasteiger partial charge in [0.1, 0.15) is 0 Å². The molecule has 0 atom stereocenters. The van der Waals surface area contributed by atoms with Gasteiger partial charge in [-0.1, -0.05) is 19.9 Å². The Morgan fingerprint density at radius 1 is 1.20 bits per heavy atom. The van der Waals surface area contributed by atoms with E-state index in [0.29, 0.717) is 6.04 Å². The molecule has 0 bridgehead atoms. The summed E-state index contributed by atoms with van der Waals surface area (Å²) in [7, 11) is 0. The Morgan fingerprint density at radius 3 is 2.00 bits per heavy atom. The molecular formula is C9H19N. The minimum absolute atomic E-state index is 0.422. The van der Waals surface area contributed by atoms with Crippen LogP contribution in [-0.4, -0.2) is 12.3 Å². The van der Waals surface area contributed by atoms with Gasteiger partial charge >= 0.3 is 0 Å². The van der Waals surface area contributed by atoms with E-state index >= 15 is 0 Å². The van der Waals surface area contributed by atoms with E-state index in [1.807, 2.05) is 39.1 Å². The largest absolute Gasteiger partial charge is 0.290 e. The third kappa shape index (κ3) is 15.7. The van der Waals surface area contributed by atoms with Gasteiger partial charge in [0, 0.05) is 12.3 Å². The monoisotopic (exact) mass is 141 g/mol. The topological polar surface area (TPSA) is 12.4 Å². The maximum Gasteiger partial charge on any atom is 0.0443 e. The number of aliphatic imine (C=N–C) groups is 1. The van der Waals surface area contributed by atoms with E-state index in [4.69, 9.17) is 0 Å². The summed E-state index contributed by atoms with van der Waals surface area (Å²) in [5.41, 5.74) is 0. The summed E-state index contributed by atoms with van der Waals surface area (Å²) in [4.78, 5) is 4.10. The zero-order chi connectivity index (χ0) is 8.41. The first-order valence-corrected chi connectivity index (χ1v) is 3.92. The fourth-order valence-electron chi connectivity index (χ4n) is 0.308. The molecule has 0 spiro atoms. The lowest BCUT2D eigenvalue weighted by Crippen LogP contribution is -1.86. The van der Waals surface area contributed by atoms with Crippen LogP contribution in [0, 0.1) is 0 Å². The van der Waals surface area contributed by atoms with E-state index in [-0.39, 0.29) is 0 Å². The van der Waals surface area contributed by atoms with Crippen molar-refractivity contribution in [3.05, 3.63) is 12.2 Å². The third-order valence-electron chi connectivity index (χ3n) is 0.663. The Labute approximate surface area is 64.9 Å². The van der Waals surface area contributed by atoms with Gasteiger partial charge in [0.25, 0.3) is 0 Å². The van der Waals surface area contributed by atoms with Crippen molar-refractivity contribution in [1.82, 2.24) is 0 Å². The molecule has 0 aliphatic heterocycles. The predicted molar refractivity (Wildman–Crippen MR) is 49.8 cm³/mol. The number of hydrogen-bond donors (Lipinski definition) is 0. The molecule has 1 heteroatoms. The van der Waals surface area contributed by atoms with Crippen molar-refractivity contribution in [2.24, 2.45) is 4.99 Å². The van der Waals surface area contributed by atoms with Crippen LogP contribution in [0.25, 0.3) is 0 Å². The quantitative estimate of drug-likeness (QED) is 0.524. The first kappa shape index (κ1) is 12.1. The Balaban J connectivity index is 0. The van der Waals surface area contributed by atoms with Gasteiger partial charge in [0.05, 0.1) is 0 Å². The maximum atomic E-state index is 4.10. The first-order chi connectivity index (χ1) is 4.77. The van der Waals surface area contributed by atoms with E-state index < -0.39 is 0 Å². The summed E-state index contributed by atoms with van der Waals surface area (Å²) >= 11 is 0. The molecule has 0 radical (unpaired) electrons. The molecule has 0 aromatic rings. The Kier molecular flexibility index (Phi) is 13.6. The second-order valence-corrected chi connectivity index (χ2v) is 1.92. The molecule has 60 valence electrons. The highest BCUT2D eigenvalue weighted by Gasteiger charge is 1.78. The normalized spacial score (nSPS) is 10.6. The van der Waals surface area contributed by atoms with Crippen LogP contribution in [0.3, 0.4) is 0 Å². The standard InChI is InChI=1S/C7H13N.C2H6/c1-4-5-6-8-7(2)3;1-2/h4-7H,1-3H3;1-2H3/b5-4-,8-6?;. The number of nitrogens with zero attached hydrogens (tertiary/aromatic N) is 1. The molecule has 0 N–H and O–H groups in total. The van der Waals surface area contributed by atoms with E-state index in [9.17, 15) is 0 Å². The molecule has 10 heavy (non-hydrogen) atoms. The van der Waals surface area contributed by atoms with Crippen molar-refractivity contribution in [3.63, 3.8) is 0 Å². The molecule has 0 aromatic carbocycles. The molecule has 0 unspecified atom stereocenters. The van der Waals surface area contributed by atoms with Crippen molar-refractivity contribution in [2.75, 3.05) is 0 Å². The van der Waals surface area contributed by atoms with E-state index in [1.165, 1.54) is 0 Å². The Morgan fingerprint density at radius 2 is 1.70 bits per heavy atom. The molecule has 0 aliphatic carbocycles. The lowest BCUT2D eigenvalue weighted by Gasteiger charge is -1.88. The highest BCUT2D eigenvalue weighted by atomic mass is 14.7. The van der Waals surface area contributed by atoms with Gasteiger partial charge < -0.3 is 0 Å². The number of rotatable bonds is 2. The van der Waals surface area contributed by atoms with Crippen molar-refractivity contribution in [3.8, 4) is 0 Å². The average molecular weight is 141 g/mol. The van der Waals surface area contributed by atoms with Gasteiger partial charge in [0.2, 0.25) is 0 Å². The first-order valence-electron chi connectivity index (χ1n) is 3.92. The van der Waals surface area contributed by atoms with Crippen molar-refractivity contribution < 1.29 is 0 Å². The second kappa shape index (κ2) is 11.2. The SMILES string of the molecule is C/C=C\C=NC(C)C.CC. The summed E-state index contributed by atoms with van der Waals surface area (Å²) in [5.74, 6) is 0. The lowest BCUT2D eigenvalue weighted by atomic mass is 10.4. The van der Waals surface area contributed by atoms with Gasteiger partial charge in [-0.15, -0.1) is 0 Å². The molecule has 0 aromatic heterocycles. The average Bonchev–Trinajstić information content (AvgIpc) is 1.92. The molecule has 0 fully saturated rings. The highest BCUT2D eigenvalue weighted by molar-refractivity contribution is 5.70. The summed E-state index contributed by atoms with van der Waals surface area (Å²) in [6.07, 6.45) is 5.72. The Bertz CT molecular complexity index is 90.9. The van der Waals surface area contributed by atoms with E-state index in [0.717, 1.165) is 0 Å². The highest BCUT2D eigenvalue weighted by Crippen LogP contribution is 1.81. The summed E-state index contributed by atoms with van der Waals surface area (Å²) in [6.45, 7) is 10.1. The second-order valence-electron chi connectivity index (χ2n) is 1.92. The van der Waals surface area contributed by atoms with Gasteiger partial charge in [-0.2, -0.15) is 0 Å². The molecule has 0 amide bonds. The molecule has 0 rings (SSSR count). The Hall–Kier alpha value is -0.590. The van der Waals surface area contributed by atoms with Gasteiger partial charge in [-0.3, -0.25) is 4.99 Å².